The van der Waals surface area contributed by atoms with Crippen LogP contribution in [0.25, 0.3) is 0 Å². The standard InChI is InChI=1S/C30H23Cl4N3/c1-19(35-27-15-11-25(33)12-16-27)30(22-5-9-24(32)10-6-22)20(2)37(28-17-13-26(34)14-18-28)29(36-30)21-3-7-23(31)8-4-21/h3-18,20H,1-2H3/b35-19+. The van der Waals surface area contributed by atoms with Gasteiger partial charge in [-0.1, -0.05) is 58.5 Å². The second kappa shape index (κ2) is 10.5. The summed E-state index contributed by atoms with van der Waals surface area (Å²) in [5.74, 6) is 0.812. The first-order valence-corrected chi connectivity index (χ1v) is 13.3. The SMILES string of the molecule is C/C(=N\c1ccc(Cl)cc1)C1(c2ccc(Cl)cc2)N=C(c2ccc(Cl)cc2)N(c2ccc(Cl)cc2)C1C. The fraction of sp³-hybridized carbons (Fsp3) is 0.133. The minimum atomic E-state index is -0.807. The Morgan fingerprint density at radius 3 is 1.70 bits per heavy atom. The Morgan fingerprint density at radius 2 is 1.16 bits per heavy atom. The highest BCUT2D eigenvalue weighted by Gasteiger charge is 2.50. The summed E-state index contributed by atoms with van der Waals surface area (Å²) in [6.07, 6.45) is 0. The van der Waals surface area contributed by atoms with Gasteiger partial charge in [-0.3, -0.25) is 4.99 Å². The lowest BCUT2D eigenvalue weighted by atomic mass is 9.80. The van der Waals surface area contributed by atoms with E-state index in [1.54, 1.807) is 0 Å². The van der Waals surface area contributed by atoms with E-state index in [-0.39, 0.29) is 6.04 Å². The molecule has 0 saturated heterocycles. The van der Waals surface area contributed by atoms with Crippen LogP contribution in [0.2, 0.25) is 20.1 Å². The summed E-state index contributed by atoms with van der Waals surface area (Å²) in [6.45, 7) is 4.19. The second-order valence-electron chi connectivity index (χ2n) is 8.91. The first kappa shape index (κ1) is 25.8. The molecule has 0 aromatic heterocycles. The van der Waals surface area contributed by atoms with Crippen molar-refractivity contribution in [3.63, 3.8) is 0 Å². The minimum Gasteiger partial charge on any atom is -0.320 e. The number of benzene rings is 4. The molecule has 0 fully saturated rings. The molecule has 5 rings (SSSR count). The van der Waals surface area contributed by atoms with Gasteiger partial charge in [0.2, 0.25) is 0 Å². The first-order chi connectivity index (χ1) is 17.8. The van der Waals surface area contributed by atoms with Crippen LogP contribution in [0.15, 0.2) is 107 Å². The normalized spacial score (nSPS) is 19.7. The maximum absolute atomic E-state index is 6.29. The fourth-order valence-corrected chi connectivity index (χ4v) is 5.34. The van der Waals surface area contributed by atoms with E-state index in [1.165, 1.54) is 0 Å². The number of anilines is 1. The lowest BCUT2D eigenvalue weighted by Crippen LogP contribution is -2.47. The molecule has 7 heteroatoms. The van der Waals surface area contributed by atoms with Crippen LogP contribution < -0.4 is 4.90 Å². The second-order valence-corrected chi connectivity index (χ2v) is 10.7. The average Bonchev–Trinajstić information content (AvgIpc) is 3.20. The van der Waals surface area contributed by atoms with E-state index >= 15 is 0 Å². The van der Waals surface area contributed by atoms with Crippen molar-refractivity contribution in [2.75, 3.05) is 4.90 Å². The first-order valence-electron chi connectivity index (χ1n) is 11.8. The van der Waals surface area contributed by atoms with Gasteiger partial charge in [-0.15, -0.1) is 0 Å². The van der Waals surface area contributed by atoms with Crippen LogP contribution in [0.1, 0.15) is 25.0 Å². The molecular formula is C30H23Cl4N3. The highest BCUT2D eigenvalue weighted by atomic mass is 35.5. The Labute approximate surface area is 237 Å². The zero-order valence-electron chi connectivity index (χ0n) is 20.2. The summed E-state index contributed by atoms with van der Waals surface area (Å²) in [6, 6.07) is 30.7. The number of amidine groups is 1. The molecule has 0 aliphatic carbocycles. The third-order valence-corrected chi connectivity index (χ3v) is 7.68. The Kier molecular flexibility index (Phi) is 7.33. The summed E-state index contributed by atoms with van der Waals surface area (Å²) >= 11 is 24.9. The molecule has 0 radical (unpaired) electrons. The lowest BCUT2D eigenvalue weighted by Gasteiger charge is -2.36. The van der Waals surface area contributed by atoms with Crippen molar-refractivity contribution >= 4 is 69.3 Å². The number of halogens is 4. The van der Waals surface area contributed by atoms with Crippen LogP contribution in [-0.4, -0.2) is 17.6 Å². The lowest BCUT2D eigenvalue weighted by molar-refractivity contribution is 0.528. The largest absolute Gasteiger partial charge is 0.320 e. The van der Waals surface area contributed by atoms with Crippen molar-refractivity contribution in [2.24, 2.45) is 9.98 Å². The molecule has 1 aliphatic heterocycles. The van der Waals surface area contributed by atoms with Crippen LogP contribution in [0.5, 0.6) is 0 Å². The van der Waals surface area contributed by atoms with E-state index < -0.39 is 5.54 Å². The van der Waals surface area contributed by atoms with Gasteiger partial charge in [0.1, 0.15) is 11.4 Å². The molecule has 3 nitrogen and oxygen atoms in total. The molecule has 1 heterocycles. The molecule has 0 saturated carbocycles. The summed E-state index contributed by atoms with van der Waals surface area (Å²) < 4.78 is 0. The van der Waals surface area contributed by atoms with Crippen LogP contribution in [-0.2, 0) is 5.54 Å². The summed E-state index contributed by atoms with van der Waals surface area (Å²) in [5.41, 5.74) is 3.74. The van der Waals surface area contributed by atoms with Gasteiger partial charge in [-0.05, 0) is 104 Å². The van der Waals surface area contributed by atoms with E-state index in [9.17, 15) is 0 Å². The van der Waals surface area contributed by atoms with Gasteiger partial charge < -0.3 is 4.90 Å². The van der Waals surface area contributed by atoms with Crippen molar-refractivity contribution < 1.29 is 0 Å². The van der Waals surface area contributed by atoms with E-state index in [1.807, 2.05) is 104 Å². The minimum absolute atomic E-state index is 0.142. The molecule has 1 aliphatic rings. The zero-order chi connectivity index (χ0) is 26.2. The summed E-state index contributed by atoms with van der Waals surface area (Å²) in [4.78, 5) is 12.7. The van der Waals surface area contributed by atoms with Gasteiger partial charge in [-0.2, -0.15) is 0 Å². The molecule has 2 unspecified atom stereocenters. The third-order valence-electron chi connectivity index (χ3n) is 6.67. The maximum Gasteiger partial charge on any atom is 0.146 e. The quantitative estimate of drug-likeness (QED) is 0.221. The van der Waals surface area contributed by atoms with Crippen LogP contribution in [0.4, 0.5) is 11.4 Å². The van der Waals surface area contributed by atoms with Crippen LogP contribution in [0, 0.1) is 0 Å². The molecule has 186 valence electrons. The monoisotopic (exact) mass is 565 g/mol. The topological polar surface area (TPSA) is 28.0 Å². The predicted molar refractivity (Wildman–Crippen MR) is 159 cm³/mol. The van der Waals surface area contributed by atoms with E-state index in [0.29, 0.717) is 20.1 Å². The van der Waals surface area contributed by atoms with Gasteiger partial charge in [0.25, 0.3) is 0 Å². The fourth-order valence-electron chi connectivity index (χ4n) is 4.83. The maximum atomic E-state index is 6.29. The van der Waals surface area contributed by atoms with Crippen LogP contribution >= 0.6 is 46.4 Å². The van der Waals surface area contributed by atoms with Gasteiger partial charge in [0, 0.05) is 37.1 Å². The smallest absolute Gasteiger partial charge is 0.146 e. The molecule has 4 aromatic rings. The van der Waals surface area contributed by atoms with Crippen molar-refractivity contribution in [3.05, 3.63) is 128 Å². The molecule has 37 heavy (non-hydrogen) atoms. The molecule has 2 atom stereocenters. The third kappa shape index (κ3) is 5.02. The Hall–Kier alpha value is -2.82. The summed E-state index contributed by atoms with van der Waals surface area (Å²) in [5, 5.41) is 2.66. The van der Waals surface area contributed by atoms with Crippen molar-refractivity contribution in [3.8, 4) is 0 Å². The molecular weight excluding hydrogens is 544 g/mol. The predicted octanol–water partition coefficient (Wildman–Crippen LogP) is 9.64. The molecule has 0 amide bonds. The van der Waals surface area contributed by atoms with Gasteiger partial charge >= 0.3 is 0 Å². The highest BCUT2D eigenvalue weighted by Crippen LogP contribution is 2.44. The van der Waals surface area contributed by atoms with Gasteiger partial charge in [0.15, 0.2) is 0 Å². The van der Waals surface area contributed by atoms with Gasteiger partial charge in [-0.25, -0.2) is 4.99 Å². The van der Waals surface area contributed by atoms with Crippen molar-refractivity contribution in [1.82, 2.24) is 0 Å². The molecule has 0 bridgehead atoms. The number of rotatable bonds is 5. The van der Waals surface area contributed by atoms with Gasteiger partial charge in [0.05, 0.1) is 11.7 Å². The Bertz CT molecular complexity index is 1460. The molecule has 0 N–H and O–H groups in total. The number of hydrogen-bond donors (Lipinski definition) is 0. The van der Waals surface area contributed by atoms with Crippen molar-refractivity contribution in [2.45, 2.75) is 25.4 Å². The Balaban J connectivity index is 1.76. The number of aliphatic imine (C=N–C) groups is 2. The van der Waals surface area contributed by atoms with Crippen molar-refractivity contribution in [1.29, 1.82) is 0 Å². The highest BCUT2D eigenvalue weighted by molar-refractivity contribution is 6.31. The number of hydrogen-bond acceptors (Lipinski definition) is 3. The average molecular weight is 567 g/mol. The molecule has 0 spiro atoms. The Morgan fingerprint density at radius 1 is 0.703 bits per heavy atom. The van der Waals surface area contributed by atoms with Crippen LogP contribution in [0.3, 0.4) is 0 Å². The summed E-state index contributed by atoms with van der Waals surface area (Å²) in [7, 11) is 0. The molecule has 4 aromatic carbocycles. The van der Waals surface area contributed by atoms with E-state index in [2.05, 4.69) is 11.8 Å². The zero-order valence-corrected chi connectivity index (χ0v) is 23.2. The van der Waals surface area contributed by atoms with E-state index in [0.717, 1.165) is 34.0 Å². The number of nitrogens with zero attached hydrogens (tertiary/aromatic N) is 3. The van der Waals surface area contributed by atoms with E-state index in [4.69, 9.17) is 56.4 Å².